The molecule has 0 spiro atoms. The van der Waals surface area contributed by atoms with Crippen LogP contribution in [0.1, 0.15) is 22.2 Å². The predicted octanol–water partition coefficient (Wildman–Crippen LogP) is 2.75. The van der Waals surface area contributed by atoms with E-state index in [-0.39, 0.29) is 12.5 Å². The van der Waals surface area contributed by atoms with Gasteiger partial charge in [-0.15, -0.1) is 11.3 Å². The smallest absolute Gasteiger partial charge is 0.328 e. The van der Waals surface area contributed by atoms with Crippen LogP contribution in [0.5, 0.6) is 0 Å². The molecule has 0 bridgehead atoms. The molecule has 1 atom stereocenters. The Bertz CT molecular complexity index is 628. The molecule has 6 heteroatoms. The van der Waals surface area contributed by atoms with Gasteiger partial charge in [-0.2, -0.15) is 0 Å². The number of rotatable bonds is 5. The molecular weight excluding hydrogens is 293 g/mol. The molecule has 1 unspecified atom stereocenters. The number of amides is 1. The highest BCUT2D eigenvalue weighted by Crippen LogP contribution is 2.10. The van der Waals surface area contributed by atoms with E-state index in [2.05, 4.69) is 5.32 Å². The molecule has 1 aromatic heterocycles. The average Bonchev–Trinajstić information content (AvgIpc) is 3.00. The van der Waals surface area contributed by atoms with Crippen LogP contribution in [0.3, 0.4) is 0 Å². The second-order valence-corrected chi connectivity index (χ2v) is 5.32. The summed E-state index contributed by atoms with van der Waals surface area (Å²) in [6.45, 7) is 1.36. The summed E-state index contributed by atoms with van der Waals surface area (Å²) in [7, 11) is 0. The molecular formula is C15H14FNO3S. The van der Waals surface area contributed by atoms with Gasteiger partial charge in [0.1, 0.15) is 18.5 Å². The molecule has 21 heavy (non-hydrogen) atoms. The number of hydrogen-bond donors (Lipinski definition) is 1. The second-order valence-electron chi connectivity index (χ2n) is 4.37. The lowest BCUT2D eigenvalue weighted by molar-refractivity contribution is -0.146. The first-order valence-electron chi connectivity index (χ1n) is 6.32. The Kier molecular flexibility index (Phi) is 5.05. The van der Waals surface area contributed by atoms with Crippen molar-refractivity contribution in [2.75, 3.05) is 0 Å². The maximum atomic E-state index is 13.4. The summed E-state index contributed by atoms with van der Waals surface area (Å²) >= 11 is 1.28. The lowest BCUT2D eigenvalue weighted by Crippen LogP contribution is -2.39. The zero-order valence-electron chi connectivity index (χ0n) is 11.3. The van der Waals surface area contributed by atoms with Gasteiger partial charge in [-0.25, -0.2) is 9.18 Å². The van der Waals surface area contributed by atoms with E-state index in [0.29, 0.717) is 10.4 Å². The first-order valence-corrected chi connectivity index (χ1v) is 7.20. The highest BCUT2D eigenvalue weighted by atomic mass is 32.1. The van der Waals surface area contributed by atoms with Gasteiger partial charge in [-0.05, 0) is 24.4 Å². The first-order chi connectivity index (χ1) is 10.1. The number of nitrogens with one attached hydrogen (secondary N) is 1. The fourth-order valence-corrected chi connectivity index (χ4v) is 2.25. The van der Waals surface area contributed by atoms with E-state index >= 15 is 0 Å². The normalized spacial score (nSPS) is 11.7. The van der Waals surface area contributed by atoms with Gasteiger partial charge < -0.3 is 10.1 Å². The summed E-state index contributed by atoms with van der Waals surface area (Å²) in [5, 5.41) is 4.31. The van der Waals surface area contributed by atoms with Crippen molar-refractivity contribution in [3.63, 3.8) is 0 Å². The number of thiophene rings is 1. The predicted molar refractivity (Wildman–Crippen MR) is 77.4 cm³/mol. The van der Waals surface area contributed by atoms with Crippen LogP contribution >= 0.6 is 11.3 Å². The maximum Gasteiger partial charge on any atom is 0.328 e. The van der Waals surface area contributed by atoms with Crippen molar-refractivity contribution in [2.24, 2.45) is 0 Å². The van der Waals surface area contributed by atoms with Crippen molar-refractivity contribution in [3.8, 4) is 0 Å². The van der Waals surface area contributed by atoms with Crippen LogP contribution in [0.15, 0.2) is 41.8 Å². The molecule has 1 aromatic carbocycles. The van der Waals surface area contributed by atoms with Crippen LogP contribution in [0.2, 0.25) is 0 Å². The molecule has 0 fully saturated rings. The van der Waals surface area contributed by atoms with Crippen molar-refractivity contribution in [3.05, 3.63) is 58.0 Å². The van der Waals surface area contributed by atoms with Crippen molar-refractivity contribution in [1.82, 2.24) is 5.32 Å². The Morgan fingerprint density at radius 3 is 2.71 bits per heavy atom. The van der Waals surface area contributed by atoms with Crippen LogP contribution in [0.25, 0.3) is 0 Å². The van der Waals surface area contributed by atoms with Crippen molar-refractivity contribution in [2.45, 2.75) is 19.6 Å². The Morgan fingerprint density at radius 2 is 2.05 bits per heavy atom. The second kappa shape index (κ2) is 6.99. The van der Waals surface area contributed by atoms with Crippen LogP contribution < -0.4 is 5.32 Å². The fraction of sp³-hybridized carbons (Fsp3) is 0.200. The molecule has 0 aliphatic rings. The molecule has 2 aromatic rings. The van der Waals surface area contributed by atoms with Crippen LogP contribution in [0.4, 0.5) is 4.39 Å². The van der Waals surface area contributed by atoms with Gasteiger partial charge in [0.2, 0.25) is 0 Å². The minimum absolute atomic E-state index is 0.162. The third kappa shape index (κ3) is 4.13. The number of carbonyl (C=O) groups is 2. The lowest BCUT2D eigenvalue weighted by atomic mass is 10.2. The van der Waals surface area contributed by atoms with Gasteiger partial charge in [-0.1, -0.05) is 24.3 Å². The topological polar surface area (TPSA) is 55.4 Å². The Morgan fingerprint density at radius 1 is 1.29 bits per heavy atom. The SMILES string of the molecule is CC(NC(=O)c1cccs1)C(=O)OCc1ccccc1F. The molecule has 0 radical (unpaired) electrons. The molecule has 1 heterocycles. The standard InChI is InChI=1S/C15H14FNO3S/c1-10(17-14(18)13-7-4-8-21-13)15(19)20-9-11-5-2-3-6-12(11)16/h2-8,10H,9H2,1H3,(H,17,18). The summed E-state index contributed by atoms with van der Waals surface area (Å²) < 4.78 is 18.4. The van der Waals surface area contributed by atoms with E-state index in [1.54, 1.807) is 29.6 Å². The number of carbonyl (C=O) groups excluding carboxylic acids is 2. The third-order valence-electron chi connectivity index (χ3n) is 2.77. The van der Waals surface area contributed by atoms with Crippen LogP contribution in [0, 0.1) is 5.82 Å². The van der Waals surface area contributed by atoms with Crippen LogP contribution in [-0.4, -0.2) is 17.9 Å². The Hall–Kier alpha value is -2.21. The minimum Gasteiger partial charge on any atom is -0.459 e. The maximum absolute atomic E-state index is 13.4. The van der Waals surface area contributed by atoms with Gasteiger partial charge in [0.15, 0.2) is 0 Å². The Balaban J connectivity index is 1.86. The highest BCUT2D eigenvalue weighted by molar-refractivity contribution is 7.12. The summed E-state index contributed by atoms with van der Waals surface area (Å²) in [6, 6.07) is 8.67. The van der Waals surface area contributed by atoms with Crippen molar-refractivity contribution in [1.29, 1.82) is 0 Å². The zero-order valence-corrected chi connectivity index (χ0v) is 12.2. The van der Waals surface area contributed by atoms with Gasteiger partial charge in [0.05, 0.1) is 4.88 Å². The van der Waals surface area contributed by atoms with Crippen molar-refractivity contribution < 1.29 is 18.7 Å². The first kappa shape index (κ1) is 15.2. The summed E-state index contributed by atoms with van der Waals surface area (Å²) in [5.41, 5.74) is 0.294. The largest absolute Gasteiger partial charge is 0.459 e. The molecule has 2 rings (SSSR count). The number of benzene rings is 1. The minimum atomic E-state index is -0.800. The third-order valence-corrected chi connectivity index (χ3v) is 3.64. The lowest BCUT2D eigenvalue weighted by Gasteiger charge is -2.13. The molecule has 0 saturated carbocycles. The summed E-state index contributed by atoms with van der Waals surface area (Å²) in [6.07, 6.45) is 0. The number of esters is 1. The summed E-state index contributed by atoms with van der Waals surface area (Å²) in [5.74, 6) is -1.37. The molecule has 4 nitrogen and oxygen atoms in total. The molecule has 110 valence electrons. The summed E-state index contributed by atoms with van der Waals surface area (Å²) in [4.78, 5) is 24.1. The molecule has 0 aliphatic carbocycles. The Labute approximate surface area is 125 Å². The number of halogens is 1. The number of hydrogen-bond acceptors (Lipinski definition) is 4. The highest BCUT2D eigenvalue weighted by Gasteiger charge is 2.18. The molecule has 1 N–H and O–H groups in total. The fourth-order valence-electron chi connectivity index (χ4n) is 1.62. The molecule has 1 amide bonds. The van der Waals surface area contributed by atoms with E-state index in [4.69, 9.17) is 4.74 Å². The van der Waals surface area contributed by atoms with E-state index in [0.717, 1.165) is 0 Å². The van der Waals surface area contributed by atoms with Crippen molar-refractivity contribution >= 4 is 23.2 Å². The monoisotopic (exact) mass is 307 g/mol. The van der Waals surface area contributed by atoms with E-state index in [1.165, 1.54) is 30.4 Å². The van der Waals surface area contributed by atoms with E-state index in [9.17, 15) is 14.0 Å². The van der Waals surface area contributed by atoms with Gasteiger partial charge in [0, 0.05) is 5.56 Å². The quantitative estimate of drug-likeness (QED) is 0.864. The van der Waals surface area contributed by atoms with E-state index in [1.807, 2.05) is 0 Å². The van der Waals surface area contributed by atoms with Crippen LogP contribution in [-0.2, 0) is 16.1 Å². The van der Waals surface area contributed by atoms with Gasteiger partial charge >= 0.3 is 5.97 Å². The number of ether oxygens (including phenoxy) is 1. The van der Waals surface area contributed by atoms with E-state index < -0.39 is 17.8 Å². The molecule has 0 saturated heterocycles. The zero-order chi connectivity index (χ0) is 15.2. The van der Waals surface area contributed by atoms with Gasteiger partial charge in [0.25, 0.3) is 5.91 Å². The molecule has 0 aliphatic heterocycles. The average molecular weight is 307 g/mol. The van der Waals surface area contributed by atoms with Gasteiger partial charge in [-0.3, -0.25) is 4.79 Å².